The van der Waals surface area contributed by atoms with Gasteiger partial charge in [-0.25, -0.2) is 12.7 Å². The molecule has 9 heteroatoms. The molecular formula is C17H31IN4O2S2. The molecule has 1 saturated heterocycles. The molecule has 0 aromatic carbocycles. The number of hydrogen-bond donors (Lipinski definition) is 2. The van der Waals surface area contributed by atoms with Crippen LogP contribution in [0.1, 0.15) is 38.2 Å². The maximum Gasteiger partial charge on any atom is 0.211 e. The molecule has 1 atom stereocenters. The Bertz CT molecular complexity index is 642. The molecule has 26 heavy (non-hydrogen) atoms. The van der Waals surface area contributed by atoms with Crippen LogP contribution in [-0.2, 0) is 10.0 Å². The number of nitrogens with zero attached hydrogens (tertiary/aromatic N) is 2. The number of rotatable bonds is 7. The highest BCUT2D eigenvalue weighted by atomic mass is 127. The number of sulfonamides is 1. The Morgan fingerprint density at radius 2 is 2.08 bits per heavy atom. The molecule has 1 aromatic rings. The average Bonchev–Trinajstić information content (AvgIpc) is 3.11. The number of aliphatic imine (C=N–C) groups is 1. The van der Waals surface area contributed by atoms with E-state index in [1.54, 1.807) is 15.6 Å². The lowest BCUT2D eigenvalue weighted by Gasteiger charge is -2.30. The quantitative estimate of drug-likeness (QED) is 0.334. The van der Waals surface area contributed by atoms with E-state index < -0.39 is 10.0 Å². The Balaban J connectivity index is 0.00000338. The van der Waals surface area contributed by atoms with Crippen molar-refractivity contribution in [3.05, 3.63) is 22.4 Å². The van der Waals surface area contributed by atoms with Gasteiger partial charge in [0.15, 0.2) is 5.96 Å². The van der Waals surface area contributed by atoms with Crippen molar-refractivity contribution in [2.75, 3.05) is 39.0 Å². The molecule has 6 nitrogen and oxygen atoms in total. The topological polar surface area (TPSA) is 73.8 Å². The molecule has 1 aromatic heterocycles. The molecule has 1 fully saturated rings. The summed E-state index contributed by atoms with van der Waals surface area (Å²) in [6.45, 7) is 7.89. The first-order valence-electron chi connectivity index (χ1n) is 8.89. The lowest BCUT2D eigenvalue weighted by molar-refractivity contribution is 0.275. The monoisotopic (exact) mass is 514 g/mol. The summed E-state index contributed by atoms with van der Waals surface area (Å²) in [6, 6.07) is 2.15. The normalized spacial score (nSPS) is 18.2. The van der Waals surface area contributed by atoms with Crippen molar-refractivity contribution in [2.24, 2.45) is 10.9 Å². The van der Waals surface area contributed by atoms with E-state index in [1.807, 2.05) is 0 Å². The fraction of sp³-hybridized carbons (Fsp3) is 0.706. The SMILES string of the molecule is CCNC(=NCC(C)c1ccsc1)NCC1CCN(S(C)(=O)=O)CC1.I. The zero-order chi connectivity index (χ0) is 18.3. The fourth-order valence-corrected chi connectivity index (χ4v) is 4.57. The van der Waals surface area contributed by atoms with Gasteiger partial charge in [-0.2, -0.15) is 11.3 Å². The molecule has 2 N–H and O–H groups in total. The Morgan fingerprint density at radius 3 is 2.62 bits per heavy atom. The van der Waals surface area contributed by atoms with Gasteiger partial charge in [0.2, 0.25) is 10.0 Å². The molecule has 0 amide bonds. The highest BCUT2D eigenvalue weighted by Crippen LogP contribution is 2.19. The van der Waals surface area contributed by atoms with Crippen LogP contribution in [0.4, 0.5) is 0 Å². The van der Waals surface area contributed by atoms with E-state index >= 15 is 0 Å². The van der Waals surface area contributed by atoms with Crippen LogP contribution < -0.4 is 10.6 Å². The third-order valence-electron chi connectivity index (χ3n) is 4.58. The van der Waals surface area contributed by atoms with Crippen LogP contribution in [0.3, 0.4) is 0 Å². The first-order chi connectivity index (χ1) is 11.9. The van der Waals surface area contributed by atoms with Gasteiger partial charge in [-0.1, -0.05) is 6.92 Å². The maximum absolute atomic E-state index is 11.6. The summed E-state index contributed by atoms with van der Waals surface area (Å²) in [5.74, 6) is 1.73. The molecule has 1 aliphatic rings. The summed E-state index contributed by atoms with van der Waals surface area (Å²) in [6.07, 6.45) is 3.08. The van der Waals surface area contributed by atoms with Gasteiger partial charge in [0.1, 0.15) is 0 Å². The molecule has 0 radical (unpaired) electrons. The summed E-state index contributed by atoms with van der Waals surface area (Å²) < 4.78 is 24.7. The number of halogens is 1. The molecule has 0 bridgehead atoms. The molecule has 0 saturated carbocycles. The van der Waals surface area contributed by atoms with E-state index in [1.165, 1.54) is 11.8 Å². The summed E-state index contributed by atoms with van der Waals surface area (Å²) in [5.41, 5.74) is 1.33. The van der Waals surface area contributed by atoms with Crippen molar-refractivity contribution in [1.29, 1.82) is 0 Å². The predicted octanol–water partition coefficient (Wildman–Crippen LogP) is 2.70. The Morgan fingerprint density at radius 1 is 1.38 bits per heavy atom. The molecule has 0 aliphatic carbocycles. The van der Waals surface area contributed by atoms with Crippen LogP contribution >= 0.6 is 35.3 Å². The van der Waals surface area contributed by atoms with E-state index in [9.17, 15) is 8.42 Å². The smallest absolute Gasteiger partial charge is 0.211 e. The van der Waals surface area contributed by atoms with Crippen molar-refractivity contribution in [3.8, 4) is 0 Å². The Labute approximate surface area is 178 Å². The van der Waals surface area contributed by atoms with E-state index in [2.05, 4.69) is 41.3 Å². The summed E-state index contributed by atoms with van der Waals surface area (Å²) in [7, 11) is -3.05. The molecule has 1 unspecified atom stereocenters. The van der Waals surface area contributed by atoms with Crippen molar-refractivity contribution in [1.82, 2.24) is 14.9 Å². The molecule has 2 rings (SSSR count). The van der Waals surface area contributed by atoms with Gasteiger partial charge in [0, 0.05) is 38.6 Å². The van der Waals surface area contributed by atoms with Crippen molar-refractivity contribution in [2.45, 2.75) is 32.6 Å². The van der Waals surface area contributed by atoms with Gasteiger partial charge in [-0.3, -0.25) is 4.99 Å². The van der Waals surface area contributed by atoms with Gasteiger partial charge in [0.25, 0.3) is 0 Å². The third-order valence-corrected chi connectivity index (χ3v) is 6.59. The van der Waals surface area contributed by atoms with Crippen LogP contribution in [0, 0.1) is 5.92 Å². The average molecular weight is 514 g/mol. The van der Waals surface area contributed by atoms with Crippen molar-refractivity contribution < 1.29 is 8.42 Å². The first kappa shape index (κ1) is 23.6. The zero-order valence-electron chi connectivity index (χ0n) is 15.8. The minimum Gasteiger partial charge on any atom is -0.357 e. The second-order valence-corrected chi connectivity index (χ2v) is 9.43. The molecule has 150 valence electrons. The minimum atomic E-state index is -3.05. The molecule has 1 aliphatic heterocycles. The standard InChI is InChI=1S/C17H30N4O2S2.HI/c1-4-18-17(19-11-14(2)16-7-10-24-13-16)20-12-15-5-8-21(9-6-15)25(3,22)23;/h7,10,13-15H,4-6,8-9,11-12H2,1-3H3,(H2,18,19,20);1H. The lowest BCUT2D eigenvalue weighted by Crippen LogP contribution is -2.44. The van der Waals surface area contributed by atoms with E-state index in [4.69, 9.17) is 4.99 Å². The van der Waals surface area contributed by atoms with Crippen LogP contribution in [0.5, 0.6) is 0 Å². The first-order valence-corrected chi connectivity index (χ1v) is 11.7. The number of piperidine rings is 1. The second-order valence-electron chi connectivity index (χ2n) is 6.66. The third kappa shape index (κ3) is 7.69. The van der Waals surface area contributed by atoms with Gasteiger partial charge < -0.3 is 10.6 Å². The maximum atomic E-state index is 11.6. The van der Waals surface area contributed by atoms with Gasteiger partial charge in [-0.15, -0.1) is 24.0 Å². The largest absolute Gasteiger partial charge is 0.357 e. The van der Waals surface area contributed by atoms with E-state index in [-0.39, 0.29) is 24.0 Å². The van der Waals surface area contributed by atoms with Crippen LogP contribution in [0.25, 0.3) is 0 Å². The van der Waals surface area contributed by atoms with Crippen molar-refractivity contribution in [3.63, 3.8) is 0 Å². The predicted molar refractivity (Wildman–Crippen MR) is 121 cm³/mol. The molecular weight excluding hydrogens is 483 g/mol. The second kappa shape index (κ2) is 11.5. The highest BCUT2D eigenvalue weighted by molar-refractivity contribution is 14.0. The zero-order valence-corrected chi connectivity index (χ0v) is 19.7. The van der Waals surface area contributed by atoms with Crippen molar-refractivity contribution >= 4 is 51.3 Å². The van der Waals surface area contributed by atoms with Crippen LogP contribution in [0.2, 0.25) is 0 Å². The summed E-state index contributed by atoms with van der Waals surface area (Å²) in [4.78, 5) is 4.70. The van der Waals surface area contributed by atoms with Gasteiger partial charge in [-0.05, 0) is 48.1 Å². The Hall–Kier alpha value is -0.390. The highest BCUT2D eigenvalue weighted by Gasteiger charge is 2.24. The van der Waals surface area contributed by atoms with E-state index in [0.29, 0.717) is 24.9 Å². The summed E-state index contributed by atoms with van der Waals surface area (Å²) in [5, 5.41) is 11.0. The fourth-order valence-electron chi connectivity index (χ4n) is 2.92. The van der Waals surface area contributed by atoms with Crippen LogP contribution in [-0.4, -0.2) is 57.7 Å². The lowest BCUT2D eigenvalue weighted by atomic mass is 9.98. The number of nitrogens with one attached hydrogen (secondary N) is 2. The van der Waals surface area contributed by atoms with Gasteiger partial charge >= 0.3 is 0 Å². The number of hydrogen-bond acceptors (Lipinski definition) is 4. The number of guanidine groups is 1. The number of thiophene rings is 1. The van der Waals surface area contributed by atoms with Crippen LogP contribution in [0.15, 0.2) is 21.8 Å². The van der Waals surface area contributed by atoms with E-state index in [0.717, 1.165) is 38.4 Å². The minimum absolute atomic E-state index is 0. The summed E-state index contributed by atoms with van der Waals surface area (Å²) >= 11 is 1.72. The molecule has 0 spiro atoms. The van der Waals surface area contributed by atoms with Gasteiger partial charge in [0.05, 0.1) is 6.26 Å². The Kier molecular flexibility index (Phi) is 10.4. The molecule has 2 heterocycles.